The lowest BCUT2D eigenvalue weighted by atomic mass is 10.1. The molecule has 1 atom stereocenters. The summed E-state index contributed by atoms with van der Waals surface area (Å²) < 4.78 is 17.5. The fourth-order valence-corrected chi connectivity index (χ4v) is 1.26. The van der Waals surface area contributed by atoms with E-state index in [1.54, 1.807) is 0 Å². The van der Waals surface area contributed by atoms with Gasteiger partial charge in [0.15, 0.2) is 6.10 Å². The number of H-pyrrole nitrogens is 1. The van der Waals surface area contributed by atoms with Crippen molar-refractivity contribution >= 4 is 6.47 Å². The molecule has 0 aliphatic carbocycles. The Morgan fingerprint density at radius 2 is 2.12 bits per heavy atom. The Hall–Kier alpha value is -2.31. The van der Waals surface area contributed by atoms with Crippen LogP contribution in [0.15, 0.2) is 24.3 Å². The molecule has 6 nitrogen and oxygen atoms in total. The summed E-state index contributed by atoms with van der Waals surface area (Å²) in [6.07, 6.45) is -0.781. The summed E-state index contributed by atoms with van der Waals surface area (Å²) in [6, 6.07) is 5.49. The number of nitrogens with one attached hydrogen (secondary N) is 1. The van der Waals surface area contributed by atoms with Gasteiger partial charge in [0.2, 0.25) is 5.82 Å². The lowest BCUT2D eigenvalue weighted by Gasteiger charge is -2.10. The van der Waals surface area contributed by atoms with Gasteiger partial charge in [0.25, 0.3) is 6.47 Å². The van der Waals surface area contributed by atoms with E-state index in [0.29, 0.717) is 5.56 Å². The van der Waals surface area contributed by atoms with Crippen molar-refractivity contribution in [3.05, 3.63) is 41.5 Å². The molecule has 2 rings (SSSR count). The lowest BCUT2D eigenvalue weighted by Crippen LogP contribution is -2.07. The van der Waals surface area contributed by atoms with Crippen LogP contribution < -0.4 is 0 Å². The summed E-state index contributed by atoms with van der Waals surface area (Å²) >= 11 is 0. The topological polar surface area (TPSA) is 80.8 Å². The number of hydrogen-bond donors (Lipinski definition) is 1. The van der Waals surface area contributed by atoms with E-state index < -0.39 is 6.10 Å². The fraction of sp³-hybridized carbons (Fsp3) is 0.111. The van der Waals surface area contributed by atoms with E-state index >= 15 is 0 Å². The van der Waals surface area contributed by atoms with Crippen LogP contribution >= 0.6 is 0 Å². The van der Waals surface area contributed by atoms with Gasteiger partial charge in [0.05, 0.1) is 0 Å². The Balaban J connectivity index is 2.32. The first-order chi connectivity index (χ1) is 7.81. The van der Waals surface area contributed by atoms with E-state index in [9.17, 15) is 9.18 Å². The number of benzene rings is 1. The zero-order valence-electron chi connectivity index (χ0n) is 8.00. The maximum Gasteiger partial charge on any atom is 0.294 e. The van der Waals surface area contributed by atoms with Crippen molar-refractivity contribution in [3.8, 4) is 0 Å². The van der Waals surface area contributed by atoms with E-state index in [0.717, 1.165) is 0 Å². The Morgan fingerprint density at radius 3 is 2.69 bits per heavy atom. The van der Waals surface area contributed by atoms with Gasteiger partial charge >= 0.3 is 0 Å². The van der Waals surface area contributed by atoms with Gasteiger partial charge in [0.1, 0.15) is 5.82 Å². The molecule has 0 bridgehead atoms. The second kappa shape index (κ2) is 4.47. The molecule has 7 heteroatoms. The van der Waals surface area contributed by atoms with Gasteiger partial charge in [-0.2, -0.15) is 5.21 Å². The van der Waals surface area contributed by atoms with Gasteiger partial charge in [-0.3, -0.25) is 4.79 Å². The zero-order chi connectivity index (χ0) is 11.4. The third-order valence-electron chi connectivity index (χ3n) is 1.96. The van der Waals surface area contributed by atoms with Gasteiger partial charge in [-0.25, -0.2) is 4.39 Å². The number of ether oxygens (including phenoxy) is 1. The van der Waals surface area contributed by atoms with Crippen LogP contribution in [0.1, 0.15) is 17.5 Å². The number of carbonyl (C=O) groups is 1. The van der Waals surface area contributed by atoms with E-state index in [1.165, 1.54) is 24.3 Å². The standard InChI is InChI=1S/C9H7FN4O2/c10-7-3-1-6(2-4-7)8(16-5-15)9-11-13-14-12-9/h1-5,8H,(H,11,12,13,14). The number of aromatic nitrogens is 4. The van der Waals surface area contributed by atoms with Crippen LogP contribution in [0.25, 0.3) is 0 Å². The number of rotatable bonds is 4. The first-order valence-electron chi connectivity index (χ1n) is 4.39. The molecule has 0 aliphatic rings. The number of hydrogen-bond acceptors (Lipinski definition) is 5. The van der Waals surface area contributed by atoms with Crippen molar-refractivity contribution < 1.29 is 13.9 Å². The molecule has 0 aliphatic heterocycles. The van der Waals surface area contributed by atoms with Crippen molar-refractivity contribution in [2.24, 2.45) is 0 Å². The van der Waals surface area contributed by atoms with Crippen LogP contribution in [0.3, 0.4) is 0 Å². The zero-order valence-corrected chi connectivity index (χ0v) is 8.00. The second-order valence-electron chi connectivity index (χ2n) is 2.93. The number of carbonyl (C=O) groups excluding carboxylic acids is 1. The Labute approximate surface area is 89.4 Å². The van der Waals surface area contributed by atoms with Gasteiger partial charge in [0, 0.05) is 5.56 Å². The molecule has 2 aromatic rings. The number of halogens is 1. The van der Waals surface area contributed by atoms with Crippen molar-refractivity contribution in [1.82, 2.24) is 20.6 Å². The van der Waals surface area contributed by atoms with Crippen LogP contribution in [0.5, 0.6) is 0 Å². The van der Waals surface area contributed by atoms with E-state index in [-0.39, 0.29) is 18.1 Å². The van der Waals surface area contributed by atoms with Gasteiger partial charge in [-0.05, 0) is 12.1 Å². The van der Waals surface area contributed by atoms with Crippen molar-refractivity contribution in [3.63, 3.8) is 0 Å². The molecular weight excluding hydrogens is 215 g/mol. The van der Waals surface area contributed by atoms with Gasteiger partial charge in [-0.1, -0.05) is 17.3 Å². The molecule has 0 amide bonds. The highest BCUT2D eigenvalue weighted by Crippen LogP contribution is 2.21. The van der Waals surface area contributed by atoms with E-state index in [1.807, 2.05) is 0 Å². The molecule has 0 fully saturated rings. The van der Waals surface area contributed by atoms with Crippen molar-refractivity contribution in [1.29, 1.82) is 0 Å². The number of aromatic amines is 1. The predicted octanol–water partition coefficient (Wildman–Crippen LogP) is 0.601. The van der Waals surface area contributed by atoms with E-state index in [4.69, 9.17) is 4.74 Å². The average Bonchev–Trinajstić information content (AvgIpc) is 2.81. The largest absolute Gasteiger partial charge is 0.451 e. The first-order valence-corrected chi connectivity index (χ1v) is 4.39. The van der Waals surface area contributed by atoms with E-state index in [2.05, 4.69) is 20.6 Å². The average molecular weight is 222 g/mol. The first kappa shape index (κ1) is 10.2. The minimum atomic E-state index is -0.781. The molecule has 0 saturated carbocycles. The quantitative estimate of drug-likeness (QED) is 0.766. The van der Waals surface area contributed by atoms with Crippen molar-refractivity contribution in [2.45, 2.75) is 6.10 Å². The third kappa shape index (κ3) is 2.02. The summed E-state index contributed by atoms with van der Waals surface area (Å²) in [5.41, 5.74) is 0.565. The maximum atomic E-state index is 12.7. The summed E-state index contributed by atoms with van der Waals surface area (Å²) in [6.45, 7) is 0.282. The van der Waals surface area contributed by atoms with Crippen LogP contribution in [-0.2, 0) is 9.53 Å². The molecule has 0 saturated heterocycles. The lowest BCUT2D eigenvalue weighted by molar-refractivity contribution is -0.132. The second-order valence-corrected chi connectivity index (χ2v) is 2.93. The smallest absolute Gasteiger partial charge is 0.294 e. The summed E-state index contributed by atoms with van der Waals surface area (Å²) in [4.78, 5) is 10.4. The summed E-state index contributed by atoms with van der Waals surface area (Å²) in [7, 11) is 0. The van der Waals surface area contributed by atoms with Crippen LogP contribution in [0, 0.1) is 5.82 Å². The maximum absolute atomic E-state index is 12.7. The normalized spacial score (nSPS) is 12.1. The summed E-state index contributed by atoms with van der Waals surface area (Å²) in [5, 5.41) is 13.0. The highest BCUT2D eigenvalue weighted by atomic mass is 19.1. The minimum Gasteiger partial charge on any atom is -0.451 e. The molecule has 0 spiro atoms. The molecule has 82 valence electrons. The number of tetrazole rings is 1. The SMILES string of the molecule is O=COC(c1ccc(F)cc1)c1nn[nH]n1. The molecule has 16 heavy (non-hydrogen) atoms. The van der Waals surface area contributed by atoms with Crippen LogP contribution in [0.4, 0.5) is 4.39 Å². The number of nitrogens with zero attached hydrogens (tertiary/aromatic N) is 3. The molecule has 1 N–H and O–H groups in total. The van der Waals surface area contributed by atoms with Gasteiger partial charge < -0.3 is 4.74 Å². The molecular formula is C9H7FN4O2. The Kier molecular flexibility index (Phi) is 2.86. The van der Waals surface area contributed by atoms with Crippen LogP contribution in [0.2, 0.25) is 0 Å². The van der Waals surface area contributed by atoms with Crippen LogP contribution in [-0.4, -0.2) is 27.1 Å². The molecule has 1 heterocycles. The molecule has 1 aromatic heterocycles. The Morgan fingerprint density at radius 1 is 1.38 bits per heavy atom. The highest BCUT2D eigenvalue weighted by molar-refractivity contribution is 5.40. The third-order valence-corrected chi connectivity index (χ3v) is 1.96. The molecule has 0 radical (unpaired) electrons. The highest BCUT2D eigenvalue weighted by Gasteiger charge is 2.19. The fourth-order valence-electron chi connectivity index (χ4n) is 1.26. The minimum absolute atomic E-state index is 0.207. The predicted molar refractivity (Wildman–Crippen MR) is 49.6 cm³/mol. The summed E-state index contributed by atoms with van der Waals surface area (Å²) in [5.74, 6) is -0.166. The molecule has 1 aromatic carbocycles. The van der Waals surface area contributed by atoms with Crippen molar-refractivity contribution in [2.75, 3.05) is 0 Å². The molecule has 1 unspecified atom stereocenters. The van der Waals surface area contributed by atoms with Gasteiger partial charge in [-0.15, -0.1) is 10.2 Å². The monoisotopic (exact) mass is 222 g/mol. The Bertz CT molecular complexity index is 457.